The first-order valence-electron chi connectivity index (χ1n) is 9.77. The highest BCUT2D eigenvalue weighted by Gasteiger charge is 2.15. The van der Waals surface area contributed by atoms with Crippen molar-refractivity contribution in [3.05, 3.63) is 104 Å². The molecule has 4 rings (SSSR count). The maximum absolute atomic E-state index is 13.4. The molecule has 0 unspecified atom stereocenters. The van der Waals surface area contributed by atoms with Crippen LogP contribution in [0.15, 0.2) is 71.5 Å². The number of fused-ring (bicyclic) bond motifs is 1. The molecular formula is C24H19ClN4O3. The average Bonchev–Trinajstić information content (AvgIpc) is 2.78. The first kappa shape index (κ1) is 21.3. The van der Waals surface area contributed by atoms with Crippen LogP contribution in [-0.4, -0.2) is 28.6 Å². The Morgan fingerprint density at radius 3 is 2.44 bits per heavy atom. The van der Waals surface area contributed by atoms with E-state index in [0.717, 1.165) is 11.3 Å². The van der Waals surface area contributed by atoms with Gasteiger partial charge in [-0.3, -0.25) is 19.5 Å². The van der Waals surface area contributed by atoms with Gasteiger partial charge < -0.3 is 4.90 Å². The highest BCUT2D eigenvalue weighted by molar-refractivity contribution is 6.32. The number of halogens is 1. The SMILES string of the molecule is CN(C)c1ccc(/C=C/c2nc3ccc([N+](=O)[O-])cc3c(=O)n2-c2ccccc2)c(Cl)c1. The fraction of sp³-hybridized carbons (Fsp3) is 0.0833. The zero-order chi connectivity index (χ0) is 22.8. The van der Waals surface area contributed by atoms with Gasteiger partial charge in [-0.05, 0) is 48.0 Å². The summed E-state index contributed by atoms with van der Waals surface area (Å²) in [4.78, 5) is 30.6. The minimum absolute atomic E-state index is 0.160. The van der Waals surface area contributed by atoms with Crippen LogP contribution in [0.3, 0.4) is 0 Å². The highest BCUT2D eigenvalue weighted by Crippen LogP contribution is 2.25. The zero-order valence-electron chi connectivity index (χ0n) is 17.4. The second kappa shape index (κ2) is 8.64. The third-order valence-electron chi connectivity index (χ3n) is 5.02. The van der Waals surface area contributed by atoms with Crippen molar-refractivity contribution in [3.8, 4) is 5.69 Å². The Kier molecular flexibility index (Phi) is 5.75. The van der Waals surface area contributed by atoms with Gasteiger partial charge in [0.1, 0.15) is 5.82 Å². The summed E-state index contributed by atoms with van der Waals surface area (Å²) in [6.45, 7) is 0. The monoisotopic (exact) mass is 446 g/mol. The second-order valence-electron chi connectivity index (χ2n) is 7.34. The maximum atomic E-state index is 13.4. The van der Waals surface area contributed by atoms with Crippen LogP contribution in [0.1, 0.15) is 11.4 Å². The first-order chi connectivity index (χ1) is 15.3. The molecular weight excluding hydrogens is 428 g/mol. The Morgan fingerprint density at radius 1 is 1.03 bits per heavy atom. The van der Waals surface area contributed by atoms with Crippen molar-refractivity contribution >= 4 is 46.0 Å². The van der Waals surface area contributed by atoms with E-state index in [4.69, 9.17) is 11.6 Å². The number of nitrogens with zero attached hydrogens (tertiary/aromatic N) is 4. The number of hydrogen-bond donors (Lipinski definition) is 0. The first-order valence-corrected chi connectivity index (χ1v) is 10.1. The Bertz CT molecular complexity index is 1410. The molecule has 160 valence electrons. The number of aromatic nitrogens is 2. The second-order valence-corrected chi connectivity index (χ2v) is 7.75. The summed E-state index contributed by atoms with van der Waals surface area (Å²) in [5.41, 5.74) is 2.17. The van der Waals surface area contributed by atoms with E-state index in [1.807, 2.05) is 55.4 Å². The molecule has 0 fully saturated rings. The van der Waals surface area contributed by atoms with E-state index in [-0.39, 0.29) is 11.1 Å². The average molecular weight is 447 g/mol. The van der Waals surface area contributed by atoms with Gasteiger partial charge in [0.2, 0.25) is 0 Å². The summed E-state index contributed by atoms with van der Waals surface area (Å²) in [7, 11) is 3.87. The molecule has 1 aromatic heterocycles. The third kappa shape index (κ3) is 4.10. The van der Waals surface area contributed by atoms with Crippen molar-refractivity contribution in [1.82, 2.24) is 9.55 Å². The quantitative estimate of drug-likeness (QED) is 0.311. The van der Waals surface area contributed by atoms with Gasteiger partial charge in [0, 0.05) is 36.9 Å². The predicted molar refractivity (Wildman–Crippen MR) is 129 cm³/mol. The fourth-order valence-corrected chi connectivity index (χ4v) is 3.57. The van der Waals surface area contributed by atoms with E-state index < -0.39 is 10.5 Å². The molecule has 0 N–H and O–H groups in total. The molecule has 8 heteroatoms. The summed E-state index contributed by atoms with van der Waals surface area (Å²) < 4.78 is 1.44. The number of hydrogen-bond acceptors (Lipinski definition) is 5. The number of nitro groups is 1. The molecule has 4 aromatic rings. The highest BCUT2D eigenvalue weighted by atomic mass is 35.5. The van der Waals surface area contributed by atoms with Gasteiger partial charge in [-0.2, -0.15) is 0 Å². The number of non-ortho nitro benzene ring substituents is 1. The zero-order valence-corrected chi connectivity index (χ0v) is 18.2. The molecule has 7 nitrogen and oxygen atoms in total. The molecule has 0 aliphatic heterocycles. The summed E-state index contributed by atoms with van der Waals surface area (Å²) in [6.07, 6.45) is 3.51. The van der Waals surface area contributed by atoms with Crippen molar-refractivity contribution in [2.75, 3.05) is 19.0 Å². The Hall–Kier alpha value is -3.97. The number of para-hydroxylation sites is 1. The van der Waals surface area contributed by atoms with Gasteiger partial charge in [0.15, 0.2) is 0 Å². The van der Waals surface area contributed by atoms with E-state index in [1.165, 1.54) is 22.8 Å². The fourth-order valence-electron chi connectivity index (χ4n) is 3.34. The van der Waals surface area contributed by atoms with E-state index in [0.29, 0.717) is 22.1 Å². The molecule has 32 heavy (non-hydrogen) atoms. The van der Waals surface area contributed by atoms with Gasteiger partial charge >= 0.3 is 0 Å². The molecule has 0 aliphatic carbocycles. The van der Waals surface area contributed by atoms with Gasteiger partial charge in [0.05, 0.1) is 21.5 Å². The maximum Gasteiger partial charge on any atom is 0.270 e. The lowest BCUT2D eigenvalue weighted by Gasteiger charge is -2.13. The van der Waals surface area contributed by atoms with Crippen molar-refractivity contribution in [2.45, 2.75) is 0 Å². The molecule has 3 aromatic carbocycles. The molecule has 0 saturated heterocycles. The van der Waals surface area contributed by atoms with E-state index in [1.54, 1.807) is 24.3 Å². The van der Waals surface area contributed by atoms with Crippen molar-refractivity contribution < 1.29 is 4.92 Å². The Labute approximate surface area is 189 Å². The van der Waals surface area contributed by atoms with Crippen LogP contribution >= 0.6 is 11.6 Å². The van der Waals surface area contributed by atoms with Crippen molar-refractivity contribution in [1.29, 1.82) is 0 Å². The van der Waals surface area contributed by atoms with Crippen LogP contribution in [0.4, 0.5) is 11.4 Å². The number of benzene rings is 3. The lowest BCUT2D eigenvalue weighted by molar-refractivity contribution is -0.384. The summed E-state index contributed by atoms with van der Waals surface area (Å²) >= 11 is 6.44. The Morgan fingerprint density at radius 2 is 1.78 bits per heavy atom. The van der Waals surface area contributed by atoms with Crippen LogP contribution in [0.5, 0.6) is 0 Å². The number of rotatable bonds is 5. The lowest BCUT2D eigenvalue weighted by atomic mass is 10.1. The summed E-state index contributed by atoms with van der Waals surface area (Å²) in [6, 6.07) is 18.8. The van der Waals surface area contributed by atoms with E-state index in [9.17, 15) is 14.9 Å². The van der Waals surface area contributed by atoms with Crippen LogP contribution in [0, 0.1) is 10.1 Å². The van der Waals surface area contributed by atoms with Crippen LogP contribution in [-0.2, 0) is 0 Å². The van der Waals surface area contributed by atoms with E-state index in [2.05, 4.69) is 4.98 Å². The van der Waals surface area contributed by atoms with E-state index >= 15 is 0 Å². The molecule has 0 aliphatic rings. The molecule has 0 atom stereocenters. The van der Waals surface area contributed by atoms with Gasteiger partial charge in [-0.1, -0.05) is 35.9 Å². The minimum Gasteiger partial charge on any atom is -0.378 e. The standard InChI is InChI=1S/C24H19ClN4O3/c1-27(2)18-10-8-16(21(25)15-18)9-13-23-26-22-12-11-19(29(31)32)14-20(22)24(30)28(23)17-6-4-3-5-7-17/h3-15H,1-2H3/b13-9+. The van der Waals surface area contributed by atoms with Crippen LogP contribution < -0.4 is 10.5 Å². The van der Waals surface area contributed by atoms with Gasteiger partial charge in [-0.15, -0.1) is 0 Å². The largest absolute Gasteiger partial charge is 0.378 e. The van der Waals surface area contributed by atoms with Gasteiger partial charge in [-0.25, -0.2) is 4.98 Å². The van der Waals surface area contributed by atoms with Crippen molar-refractivity contribution in [2.24, 2.45) is 0 Å². The summed E-state index contributed by atoms with van der Waals surface area (Å²) in [5.74, 6) is 0.385. The summed E-state index contributed by atoms with van der Waals surface area (Å²) in [5, 5.41) is 11.9. The van der Waals surface area contributed by atoms with Crippen LogP contribution in [0.2, 0.25) is 5.02 Å². The smallest absolute Gasteiger partial charge is 0.270 e. The third-order valence-corrected chi connectivity index (χ3v) is 5.34. The topological polar surface area (TPSA) is 81.3 Å². The number of nitro benzene ring substituents is 1. The molecule has 0 bridgehead atoms. The predicted octanol–water partition coefficient (Wildman–Crippen LogP) is 5.18. The molecule has 0 spiro atoms. The molecule has 0 saturated carbocycles. The van der Waals surface area contributed by atoms with Gasteiger partial charge in [0.25, 0.3) is 11.2 Å². The normalized spacial score (nSPS) is 11.2. The van der Waals surface area contributed by atoms with Crippen molar-refractivity contribution in [3.63, 3.8) is 0 Å². The lowest BCUT2D eigenvalue weighted by Crippen LogP contribution is -2.22. The number of anilines is 1. The minimum atomic E-state index is -0.529. The Balaban J connectivity index is 1.90. The molecule has 0 radical (unpaired) electrons. The molecule has 1 heterocycles. The molecule has 0 amide bonds. The van der Waals surface area contributed by atoms with Crippen LogP contribution in [0.25, 0.3) is 28.7 Å².